The number of rotatable bonds is 10. The van der Waals surface area contributed by atoms with Crippen molar-refractivity contribution in [3.8, 4) is 0 Å². The highest BCUT2D eigenvalue weighted by molar-refractivity contribution is 8.00. The van der Waals surface area contributed by atoms with E-state index in [0.717, 1.165) is 21.6 Å². The Morgan fingerprint density at radius 2 is 1.96 bits per heavy atom. The molecule has 0 fully saturated rings. The highest BCUT2D eigenvalue weighted by atomic mass is 32.2. The van der Waals surface area contributed by atoms with Gasteiger partial charge in [-0.3, -0.25) is 0 Å². The number of aliphatic hydroxyl groups is 1. The predicted octanol–water partition coefficient (Wildman–Crippen LogP) is 3.50. The van der Waals surface area contributed by atoms with E-state index >= 15 is 0 Å². The van der Waals surface area contributed by atoms with Crippen LogP contribution < -0.4 is 11.1 Å². The molecule has 5 N–H and O–H groups in total. The Kier molecular flexibility index (Phi) is 9.75. The summed E-state index contributed by atoms with van der Waals surface area (Å²) < 4.78 is 0. The smallest absolute Gasteiger partial charge is 0.0591 e. The number of nitrogens with zero attached hydrogens (tertiary/aromatic N) is 1. The van der Waals surface area contributed by atoms with E-state index in [0.29, 0.717) is 5.69 Å². The van der Waals surface area contributed by atoms with E-state index in [1.54, 1.807) is 18.0 Å². The summed E-state index contributed by atoms with van der Waals surface area (Å²) in [5, 5.41) is 20.7. The van der Waals surface area contributed by atoms with Crippen LogP contribution in [0.25, 0.3) is 0 Å². The Bertz CT molecular complexity index is 708. The van der Waals surface area contributed by atoms with Crippen LogP contribution in [0.2, 0.25) is 0 Å². The number of aliphatic hydroxyl groups excluding tert-OH is 1. The molecule has 0 saturated carbocycles. The van der Waals surface area contributed by atoms with Gasteiger partial charge < -0.3 is 26.5 Å². The van der Waals surface area contributed by atoms with Crippen molar-refractivity contribution in [3.05, 3.63) is 59.5 Å². The Morgan fingerprint density at radius 1 is 1.30 bits per heavy atom. The van der Waals surface area contributed by atoms with Gasteiger partial charge in [-0.05, 0) is 18.1 Å². The first kappa shape index (κ1) is 22.9. The molecule has 0 aliphatic heterocycles. The minimum atomic E-state index is -0.123. The fourth-order valence-electron chi connectivity index (χ4n) is 2.60. The molecule has 0 aromatic heterocycles. The van der Waals surface area contributed by atoms with Gasteiger partial charge in [-0.1, -0.05) is 37.6 Å². The van der Waals surface area contributed by atoms with Gasteiger partial charge in [0.15, 0.2) is 0 Å². The van der Waals surface area contributed by atoms with E-state index in [4.69, 9.17) is 11.1 Å². The molecule has 1 unspecified atom stereocenters. The van der Waals surface area contributed by atoms with Crippen molar-refractivity contribution in [1.82, 2.24) is 10.2 Å². The molecule has 0 aliphatic rings. The molecular weight excluding hydrogens is 356 g/mol. The molecular formula is C21H32N4OS. The number of thioether (sulfide) groups is 1. The minimum Gasteiger partial charge on any atom is -0.398 e. The quantitative estimate of drug-likeness (QED) is 0.213. The van der Waals surface area contributed by atoms with E-state index in [-0.39, 0.29) is 17.8 Å². The Balaban J connectivity index is 3.37. The molecule has 5 nitrogen and oxygen atoms in total. The second-order valence-electron chi connectivity index (χ2n) is 6.71. The van der Waals surface area contributed by atoms with E-state index in [2.05, 4.69) is 25.2 Å². The van der Waals surface area contributed by atoms with Gasteiger partial charge in [-0.2, -0.15) is 0 Å². The first-order valence-electron chi connectivity index (χ1n) is 8.94. The number of nitrogen functional groups attached to an aromatic ring is 1. The lowest BCUT2D eigenvalue weighted by molar-refractivity contribution is 0.300. The molecule has 0 saturated heterocycles. The topological polar surface area (TPSA) is 85.4 Å². The molecule has 0 heterocycles. The first-order valence-corrected chi connectivity index (χ1v) is 9.82. The van der Waals surface area contributed by atoms with Crippen molar-refractivity contribution in [2.45, 2.75) is 24.0 Å². The van der Waals surface area contributed by atoms with Crippen LogP contribution in [-0.2, 0) is 0 Å². The van der Waals surface area contributed by atoms with E-state index in [1.807, 2.05) is 56.5 Å². The van der Waals surface area contributed by atoms with Crippen molar-refractivity contribution in [2.24, 2.45) is 5.92 Å². The van der Waals surface area contributed by atoms with E-state index in [1.165, 1.54) is 6.21 Å². The average molecular weight is 389 g/mol. The van der Waals surface area contributed by atoms with Crippen molar-refractivity contribution in [1.29, 1.82) is 5.41 Å². The number of nitrogens with one attached hydrogen (secondary N) is 2. The molecule has 1 rings (SSSR count). The Hall–Kier alpha value is -2.18. The SMILES string of the molecule is CN/C=C(C=N)/C(=C/N(C)C)/C=C(\C(C)C)C(CO)Sc1ccccc1N. The zero-order valence-electron chi connectivity index (χ0n) is 16.9. The van der Waals surface area contributed by atoms with Crippen molar-refractivity contribution in [3.63, 3.8) is 0 Å². The number of anilines is 1. The van der Waals surface area contributed by atoms with Crippen LogP contribution >= 0.6 is 11.8 Å². The van der Waals surface area contributed by atoms with Crippen molar-refractivity contribution in [2.75, 3.05) is 33.5 Å². The maximum Gasteiger partial charge on any atom is 0.0591 e. The third kappa shape index (κ3) is 7.15. The molecule has 1 aromatic rings. The molecule has 148 valence electrons. The predicted molar refractivity (Wildman–Crippen MR) is 118 cm³/mol. The summed E-state index contributed by atoms with van der Waals surface area (Å²) in [6.45, 7) is 4.24. The van der Waals surface area contributed by atoms with E-state index < -0.39 is 0 Å². The fraction of sp³-hybridized carbons (Fsp3) is 0.381. The van der Waals surface area contributed by atoms with Crippen LogP contribution in [-0.4, -0.2) is 49.2 Å². The molecule has 0 amide bonds. The summed E-state index contributed by atoms with van der Waals surface area (Å²) in [4.78, 5) is 2.91. The normalized spacial score (nSPS) is 14.3. The molecule has 0 aliphatic carbocycles. The largest absolute Gasteiger partial charge is 0.398 e. The third-order valence-electron chi connectivity index (χ3n) is 3.90. The maximum atomic E-state index is 10.1. The molecule has 27 heavy (non-hydrogen) atoms. The molecule has 0 bridgehead atoms. The van der Waals surface area contributed by atoms with Crippen LogP contribution in [0.15, 0.2) is 64.4 Å². The second kappa shape index (κ2) is 11.5. The molecule has 6 heteroatoms. The number of allylic oxidation sites excluding steroid dienone is 3. The van der Waals surface area contributed by atoms with Crippen LogP contribution in [0, 0.1) is 11.3 Å². The number of para-hydroxylation sites is 1. The molecule has 0 spiro atoms. The van der Waals surface area contributed by atoms with Gasteiger partial charge in [0.05, 0.1) is 11.9 Å². The highest BCUT2D eigenvalue weighted by Crippen LogP contribution is 2.35. The molecule has 0 radical (unpaired) electrons. The van der Waals surface area contributed by atoms with E-state index in [9.17, 15) is 5.11 Å². The van der Waals surface area contributed by atoms with Gasteiger partial charge in [0.1, 0.15) is 0 Å². The summed E-state index contributed by atoms with van der Waals surface area (Å²) in [7, 11) is 5.72. The molecule has 1 atom stereocenters. The van der Waals surface area contributed by atoms with Gasteiger partial charge in [-0.25, -0.2) is 0 Å². The summed E-state index contributed by atoms with van der Waals surface area (Å²) in [6.07, 6.45) is 7.18. The summed E-state index contributed by atoms with van der Waals surface area (Å²) in [5.41, 5.74) is 9.58. The summed E-state index contributed by atoms with van der Waals surface area (Å²) in [5.74, 6) is 0.228. The number of nitrogens with two attached hydrogens (primary N) is 1. The van der Waals surface area contributed by atoms with Crippen LogP contribution in [0.3, 0.4) is 0 Å². The first-order chi connectivity index (χ1) is 12.8. The van der Waals surface area contributed by atoms with Gasteiger partial charge in [-0.15, -0.1) is 11.8 Å². The Labute approximate surface area is 167 Å². The average Bonchev–Trinajstić information content (AvgIpc) is 2.62. The van der Waals surface area contributed by atoms with Crippen LogP contribution in [0.4, 0.5) is 5.69 Å². The van der Waals surface area contributed by atoms with Gasteiger partial charge in [0.25, 0.3) is 0 Å². The standard InChI is InChI=1S/C21H32N4OS/c1-15(2)18(10-16(13-25(4)5)17(11-22)12-24-3)21(14-26)27-20-9-7-6-8-19(20)23/h6-13,15,21-22,24,26H,14,23H2,1-5H3/b16-13+,17-12+,18-10+,22-11?. The lowest BCUT2D eigenvalue weighted by atomic mass is 9.95. The fourth-order valence-corrected chi connectivity index (χ4v) is 3.82. The number of benzene rings is 1. The molecule has 1 aromatic carbocycles. The second-order valence-corrected chi connectivity index (χ2v) is 7.95. The van der Waals surface area contributed by atoms with Gasteiger partial charge >= 0.3 is 0 Å². The third-order valence-corrected chi connectivity index (χ3v) is 5.23. The lowest BCUT2D eigenvalue weighted by Gasteiger charge is -2.23. The van der Waals surface area contributed by atoms with Crippen molar-refractivity contribution >= 4 is 23.7 Å². The lowest BCUT2D eigenvalue weighted by Crippen LogP contribution is -2.17. The number of hydrogen-bond acceptors (Lipinski definition) is 6. The van der Waals surface area contributed by atoms with Crippen LogP contribution in [0.5, 0.6) is 0 Å². The monoisotopic (exact) mass is 388 g/mol. The van der Waals surface area contributed by atoms with Crippen molar-refractivity contribution < 1.29 is 5.11 Å². The highest BCUT2D eigenvalue weighted by Gasteiger charge is 2.20. The maximum absolute atomic E-state index is 10.1. The van der Waals surface area contributed by atoms with Crippen LogP contribution in [0.1, 0.15) is 13.8 Å². The number of hydrogen-bond donors (Lipinski definition) is 4. The summed E-state index contributed by atoms with van der Waals surface area (Å²) in [6, 6.07) is 7.70. The summed E-state index contributed by atoms with van der Waals surface area (Å²) >= 11 is 1.57. The zero-order chi connectivity index (χ0) is 20.4. The van der Waals surface area contributed by atoms with Gasteiger partial charge in [0, 0.05) is 61.5 Å². The zero-order valence-corrected chi connectivity index (χ0v) is 17.7. The van der Waals surface area contributed by atoms with Gasteiger partial charge in [0.2, 0.25) is 0 Å². The Morgan fingerprint density at radius 3 is 2.44 bits per heavy atom. The minimum absolute atomic E-state index is 0.00786.